The maximum Gasteiger partial charge on any atom is 0.186 e. The van der Waals surface area contributed by atoms with Crippen LogP contribution in [0.4, 0.5) is 0 Å². The first-order valence-electron chi connectivity index (χ1n) is 6.07. The standard InChI is InChI=1S/C14H16N2O3S/c1-19-12-4-6-13(7-5-12)20(17,18)14(9-15)11-3-2-8-16-10-11/h2-8,10,14H,9,15H2,1H3/t14-/m1/s1. The Labute approximate surface area is 118 Å². The molecule has 0 aliphatic heterocycles. The molecule has 2 aromatic rings. The van der Waals surface area contributed by atoms with Crippen LogP contribution in [0.25, 0.3) is 0 Å². The molecule has 0 aliphatic rings. The molecule has 20 heavy (non-hydrogen) atoms. The maximum absolute atomic E-state index is 12.6. The number of pyridine rings is 1. The third-order valence-corrected chi connectivity index (χ3v) is 5.18. The van der Waals surface area contributed by atoms with Crippen LogP contribution in [0.1, 0.15) is 10.8 Å². The molecule has 0 radical (unpaired) electrons. The van der Waals surface area contributed by atoms with Gasteiger partial charge in [-0.15, -0.1) is 0 Å². The number of rotatable bonds is 5. The molecule has 2 rings (SSSR count). The molecule has 0 aliphatic carbocycles. The van der Waals surface area contributed by atoms with E-state index < -0.39 is 15.1 Å². The number of methoxy groups -OCH3 is 1. The van der Waals surface area contributed by atoms with Crippen LogP contribution in [0.3, 0.4) is 0 Å². The summed E-state index contributed by atoms with van der Waals surface area (Å²) in [6.07, 6.45) is 3.12. The van der Waals surface area contributed by atoms with Crippen molar-refractivity contribution in [1.82, 2.24) is 4.98 Å². The van der Waals surface area contributed by atoms with Crippen LogP contribution in [0, 0.1) is 0 Å². The third kappa shape index (κ3) is 2.81. The van der Waals surface area contributed by atoms with Crippen molar-refractivity contribution in [3.05, 3.63) is 54.4 Å². The molecule has 0 saturated heterocycles. The van der Waals surface area contributed by atoms with Crippen LogP contribution in [0.5, 0.6) is 5.75 Å². The number of ether oxygens (including phenoxy) is 1. The molecular weight excluding hydrogens is 276 g/mol. The van der Waals surface area contributed by atoms with Gasteiger partial charge in [-0.2, -0.15) is 0 Å². The van der Waals surface area contributed by atoms with Crippen LogP contribution >= 0.6 is 0 Å². The Morgan fingerprint density at radius 2 is 1.95 bits per heavy atom. The predicted octanol–water partition coefficient (Wildman–Crippen LogP) is 1.56. The first kappa shape index (κ1) is 14.5. The van der Waals surface area contributed by atoms with Gasteiger partial charge in [-0.05, 0) is 35.9 Å². The number of sulfone groups is 1. The van der Waals surface area contributed by atoms with Crippen molar-refractivity contribution in [1.29, 1.82) is 0 Å². The number of nitrogens with two attached hydrogens (primary N) is 1. The van der Waals surface area contributed by atoms with E-state index in [0.717, 1.165) is 0 Å². The lowest BCUT2D eigenvalue weighted by atomic mass is 10.2. The highest BCUT2D eigenvalue weighted by Crippen LogP contribution is 2.28. The van der Waals surface area contributed by atoms with Crippen LogP contribution in [0.2, 0.25) is 0 Å². The fraction of sp³-hybridized carbons (Fsp3) is 0.214. The second-order valence-corrected chi connectivity index (χ2v) is 6.36. The van der Waals surface area contributed by atoms with Crippen molar-refractivity contribution in [2.75, 3.05) is 13.7 Å². The number of aromatic nitrogens is 1. The lowest BCUT2D eigenvalue weighted by Gasteiger charge is -2.16. The van der Waals surface area contributed by atoms with E-state index in [4.69, 9.17) is 10.5 Å². The minimum absolute atomic E-state index is 0.0000554. The highest BCUT2D eigenvalue weighted by atomic mass is 32.2. The van der Waals surface area contributed by atoms with E-state index >= 15 is 0 Å². The maximum atomic E-state index is 12.6. The van der Waals surface area contributed by atoms with E-state index in [1.807, 2.05) is 0 Å². The van der Waals surface area contributed by atoms with Crippen molar-refractivity contribution < 1.29 is 13.2 Å². The number of benzene rings is 1. The molecule has 106 valence electrons. The second kappa shape index (κ2) is 6.02. The highest BCUT2D eigenvalue weighted by Gasteiger charge is 2.28. The minimum Gasteiger partial charge on any atom is -0.497 e. The molecular formula is C14H16N2O3S. The molecule has 0 unspecified atom stereocenters. The molecule has 2 N–H and O–H groups in total. The average molecular weight is 292 g/mol. The van der Waals surface area contributed by atoms with Gasteiger partial charge >= 0.3 is 0 Å². The Balaban J connectivity index is 2.41. The van der Waals surface area contributed by atoms with Gasteiger partial charge < -0.3 is 10.5 Å². The molecule has 0 bridgehead atoms. The lowest BCUT2D eigenvalue weighted by Crippen LogP contribution is -2.22. The summed E-state index contributed by atoms with van der Waals surface area (Å²) in [5.41, 5.74) is 6.24. The van der Waals surface area contributed by atoms with Gasteiger partial charge in [0.2, 0.25) is 0 Å². The summed E-state index contributed by atoms with van der Waals surface area (Å²) in [7, 11) is -2.02. The Morgan fingerprint density at radius 3 is 2.45 bits per heavy atom. The number of hydrogen-bond acceptors (Lipinski definition) is 5. The summed E-state index contributed by atoms with van der Waals surface area (Å²) in [6, 6.07) is 9.68. The Kier molecular flexibility index (Phi) is 4.36. The SMILES string of the molecule is COc1ccc(S(=O)(=O)[C@H](CN)c2cccnc2)cc1. The zero-order valence-electron chi connectivity index (χ0n) is 11.1. The summed E-state index contributed by atoms with van der Waals surface area (Å²) < 4.78 is 30.3. The van der Waals surface area contributed by atoms with Crippen LogP contribution in [-0.2, 0) is 9.84 Å². The van der Waals surface area contributed by atoms with E-state index in [1.54, 1.807) is 30.5 Å². The van der Waals surface area contributed by atoms with E-state index in [1.165, 1.54) is 25.4 Å². The molecule has 1 aromatic heterocycles. The Morgan fingerprint density at radius 1 is 1.25 bits per heavy atom. The van der Waals surface area contributed by atoms with Crippen molar-refractivity contribution in [3.63, 3.8) is 0 Å². The zero-order valence-corrected chi connectivity index (χ0v) is 11.9. The largest absolute Gasteiger partial charge is 0.497 e. The van der Waals surface area contributed by atoms with Crippen LogP contribution < -0.4 is 10.5 Å². The Hall–Kier alpha value is -1.92. The summed E-state index contributed by atoms with van der Waals surface area (Å²) in [4.78, 5) is 4.17. The monoisotopic (exact) mass is 292 g/mol. The molecule has 6 heteroatoms. The smallest absolute Gasteiger partial charge is 0.186 e. The predicted molar refractivity (Wildman–Crippen MR) is 76.2 cm³/mol. The molecule has 0 spiro atoms. The van der Waals surface area contributed by atoms with Gasteiger partial charge in [0.25, 0.3) is 0 Å². The average Bonchev–Trinajstić information content (AvgIpc) is 2.49. The first-order chi connectivity index (χ1) is 9.59. The zero-order chi connectivity index (χ0) is 14.6. The van der Waals surface area contributed by atoms with Crippen molar-refractivity contribution in [2.24, 2.45) is 5.73 Å². The van der Waals surface area contributed by atoms with Gasteiger partial charge in [-0.3, -0.25) is 4.98 Å². The van der Waals surface area contributed by atoms with Gasteiger partial charge in [0.05, 0.1) is 12.0 Å². The Bertz CT molecular complexity index is 655. The highest BCUT2D eigenvalue weighted by molar-refractivity contribution is 7.91. The van der Waals surface area contributed by atoms with E-state index in [-0.39, 0.29) is 11.4 Å². The molecule has 0 saturated carbocycles. The van der Waals surface area contributed by atoms with E-state index in [2.05, 4.69) is 4.98 Å². The fourth-order valence-corrected chi connectivity index (χ4v) is 3.53. The van der Waals surface area contributed by atoms with Crippen LogP contribution in [-0.4, -0.2) is 27.1 Å². The minimum atomic E-state index is -3.55. The summed E-state index contributed by atoms with van der Waals surface area (Å²) >= 11 is 0. The van der Waals surface area contributed by atoms with E-state index in [9.17, 15) is 8.42 Å². The topological polar surface area (TPSA) is 82.3 Å². The normalized spacial score (nSPS) is 12.9. The first-order valence-corrected chi connectivity index (χ1v) is 7.62. The van der Waals surface area contributed by atoms with Gasteiger partial charge in [0.1, 0.15) is 11.0 Å². The van der Waals surface area contributed by atoms with E-state index in [0.29, 0.717) is 11.3 Å². The van der Waals surface area contributed by atoms with Gasteiger partial charge in [0, 0.05) is 18.9 Å². The molecule has 1 heterocycles. The summed E-state index contributed by atoms with van der Waals surface area (Å²) in [6.45, 7) is 0.0000554. The number of hydrogen-bond donors (Lipinski definition) is 1. The molecule has 0 amide bonds. The molecule has 1 atom stereocenters. The quantitative estimate of drug-likeness (QED) is 0.904. The number of nitrogens with zero attached hydrogens (tertiary/aromatic N) is 1. The van der Waals surface area contributed by atoms with Crippen molar-refractivity contribution >= 4 is 9.84 Å². The third-order valence-electron chi connectivity index (χ3n) is 3.03. The molecule has 1 aromatic carbocycles. The van der Waals surface area contributed by atoms with Gasteiger partial charge in [0.15, 0.2) is 9.84 Å². The van der Waals surface area contributed by atoms with Crippen molar-refractivity contribution in [2.45, 2.75) is 10.1 Å². The molecule has 0 fully saturated rings. The summed E-state index contributed by atoms with van der Waals surface area (Å²) in [5, 5.41) is -0.801. The van der Waals surface area contributed by atoms with Crippen molar-refractivity contribution in [3.8, 4) is 5.75 Å². The van der Waals surface area contributed by atoms with Crippen LogP contribution in [0.15, 0.2) is 53.7 Å². The molecule has 5 nitrogen and oxygen atoms in total. The van der Waals surface area contributed by atoms with Gasteiger partial charge in [-0.1, -0.05) is 6.07 Å². The summed E-state index contributed by atoms with van der Waals surface area (Å²) in [5.74, 6) is 0.606. The second-order valence-electron chi connectivity index (χ2n) is 4.23. The fourth-order valence-electron chi connectivity index (χ4n) is 1.94. The van der Waals surface area contributed by atoms with Gasteiger partial charge in [-0.25, -0.2) is 8.42 Å². The lowest BCUT2D eigenvalue weighted by molar-refractivity contribution is 0.414.